The van der Waals surface area contributed by atoms with Crippen LogP contribution in [0.25, 0.3) is 10.8 Å². The van der Waals surface area contributed by atoms with E-state index in [1.807, 2.05) is 66.7 Å². The number of fused-ring (bicyclic) bond motifs is 1. The molecule has 6 heteroatoms. The molecule has 0 aliphatic carbocycles. The Morgan fingerprint density at radius 3 is 2.20 bits per heavy atom. The van der Waals surface area contributed by atoms with Gasteiger partial charge in [-0.25, -0.2) is 0 Å². The fourth-order valence-electron chi connectivity index (χ4n) is 2.87. The van der Waals surface area contributed by atoms with Crippen LogP contribution in [0, 0.1) is 0 Å². The summed E-state index contributed by atoms with van der Waals surface area (Å²) in [5, 5.41) is 2.11. The van der Waals surface area contributed by atoms with Gasteiger partial charge in [0.1, 0.15) is 11.5 Å². The van der Waals surface area contributed by atoms with Gasteiger partial charge in [-0.15, -0.1) is 0 Å². The van der Waals surface area contributed by atoms with Gasteiger partial charge in [0.15, 0.2) is 12.7 Å². The minimum atomic E-state index is -0.782. The molecule has 0 heterocycles. The number of nitrogens with one attached hydrogen (secondary N) is 2. The van der Waals surface area contributed by atoms with Crippen LogP contribution in [-0.2, 0) is 9.59 Å². The van der Waals surface area contributed by atoms with Gasteiger partial charge >= 0.3 is 0 Å². The third kappa shape index (κ3) is 5.73. The summed E-state index contributed by atoms with van der Waals surface area (Å²) in [6.45, 7) is 5.62. The molecule has 3 rings (SSSR count). The van der Waals surface area contributed by atoms with Gasteiger partial charge in [-0.2, -0.15) is 0 Å². The Hall–Kier alpha value is -3.54. The highest BCUT2D eigenvalue weighted by Gasteiger charge is 2.16. The maximum absolute atomic E-state index is 12.2. The lowest BCUT2D eigenvalue weighted by atomic mass is 10.0. The van der Waals surface area contributed by atoms with Crippen molar-refractivity contribution in [1.29, 1.82) is 0 Å². The highest BCUT2D eigenvalue weighted by molar-refractivity contribution is 5.86. The summed E-state index contributed by atoms with van der Waals surface area (Å²) < 4.78 is 11.1. The van der Waals surface area contributed by atoms with Crippen LogP contribution < -0.4 is 20.3 Å². The van der Waals surface area contributed by atoms with Gasteiger partial charge in [0.05, 0.1) is 0 Å². The lowest BCUT2D eigenvalue weighted by Gasteiger charge is -2.16. The summed E-state index contributed by atoms with van der Waals surface area (Å²) in [5.74, 6) is 0.674. The van der Waals surface area contributed by atoms with E-state index in [1.165, 1.54) is 5.56 Å². The van der Waals surface area contributed by atoms with E-state index in [9.17, 15) is 9.59 Å². The zero-order valence-corrected chi connectivity index (χ0v) is 17.3. The summed E-state index contributed by atoms with van der Waals surface area (Å²) in [4.78, 5) is 24.1. The van der Waals surface area contributed by atoms with E-state index in [-0.39, 0.29) is 6.61 Å². The second-order valence-electron chi connectivity index (χ2n) is 7.32. The average Bonchev–Trinajstić information content (AvgIpc) is 2.76. The Morgan fingerprint density at radius 2 is 1.50 bits per heavy atom. The van der Waals surface area contributed by atoms with Crippen molar-refractivity contribution < 1.29 is 19.1 Å². The SMILES string of the molecule is CC(Oc1ccc2ccccc2c1)C(=O)NNC(=O)COc1ccc(C(C)C)cc1. The standard InChI is InChI=1S/C24H26N2O4/c1-16(2)18-8-11-21(12-9-18)29-15-23(27)25-26-24(28)17(3)30-22-13-10-19-6-4-5-7-20(19)14-22/h4-14,16-17H,15H2,1-3H3,(H,25,27)(H,26,28). The number of hydrogen-bond donors (Lipinski definition) is 2. The third-order valence-corrected chi connectivity index (χ3v) is 4.64. The Labute approximate surface area is 176 Å². The number of amides is 2. The van der Waals surface area contributed by atoms with E-state index in [0.717, 1.165) is 10.8 Å². The second kappa shape index (κ2) is 9.78. The summed E-state index contributed by atoms with van der Waals surface area (Å²) in [7, 11) is 0. The average molecular weight is 406 g/mol. The molecule has 0 fully saturated rings. The molecule has 2 N–H and O–H groups in total. The molecule has 0 saturated heterocycles. The van der Waals surface area contributed by atoms with Crippen LogP contribution >= 0.6 is 0 Å². The smallest absolute Gasteiger partial charge is 0.279 e. The number of rotatable bonds is 7. The predicted molar refractivity (Wildman–Crippen MR) is 116 cm³/mol. The first-order chi connectivity index (χ1) is 14.4. The van der Waals surface area contributed by atoms with Crippen molar-refractivity contribution in [2.75, 3.05) is 6.61 Å². The van der Waals surface area contributed by atoms with Crippen LogP contribution in [0.2, 0.25) is 0 Å². The molecule has 3 aromatic carbocycles. The van der Waals surface area contributed by atoms with Crippen molar-refractivity contribution in [3.05, 3.63) is 72.3 Å². The highest BCUT2D eigenvalue weighted by Crippen LogP contribution is 2.21. The van der Waals surface area contributed by atoms with Crippen molar-refractivity contribution in [2.24, 2.45) is 0 Å². The first-order valence-corrected chi connectivity index (χ1v) is 9.89. The topological polar surface area (TPSA) is 76.7 Å². The van der Waals surface area contributed by atoms with Crippen molar-refractivity contribution in [2.45, 2.75) is 32.8 Å². The van der Waals surface area contributed by atoms with Crippen molar-refractivity contribution in [3.8, 4) is 11.5 Å². The van der Waals surface area contributed by atoms with Gasteiger partial charge in [0, 0.05) is 0 Å². The molecule has 0 bridgehead atoms. The van der Waals surface area contributed by atoms with Crippen molar-refractivity contribution in [1.82, 2.24) is 10.9 Å². The molecule has 6 nitrogen and oxygen atoms in total. The predicted octanol–water partition coefficient (Wildman–Crippen LogP) is 3.96. The minimum Gasteiger partial charge on any atom is -0.484 e. The maximum Gasteiger partial charge on any atom is 0.279 e. The van der Waals surface area contributed by atoms with Crippen molar-refractivity contribution in [3.63, 3.8) is 0 Å². The van der Waals surface area contributed by atoms with E-state index in [4.69, 9.17) is 9.47 Å². The Balaban J connectivity index is 1.43. The number of hydrazine groups is 1. The Morgan fingerprint density at radius 1 is 0.833 bits per heavy atom. The van der Waals surface area contributed by atoms with Gasteiger partial charge in [-0.05, 0) is 53.4 Å². The quantitative estimate of drug-likeness (QED) is 0.583. The second-order valence-corrected chi connectivity index (χ2v) is 7.32. The van der Waals surface area contributed by atoms with E-state index in [0.29, 0.717) is 17.4 Å². The van der Waals surface area contributed by atoms with Crippen LogP contribution in [0.15, 0.2) is 66.7 Å². The number of carbonyl (C=O) groups is 2. The van der Waals surface area contributed by atoms with E-state index >= 15 is 0 Å². The molecule has 0 aromatic heterocycles. The zero-order chi connectivity index (χ0) is 21.5. The largest absolute Gasteiger partial charge is 0.484 e. The molecular weight excluding hydrogens is 380 g/mol. The summed E-state index contributed by atoms with van der Waals surface area (Å²) in [5.41, 5.74) is 5.89. The molecule has 3 aromatic rings. The molecule has 1 unspecified atom stereocenters. The molecule has 0 aliphatic rings. The number of hydrogen-bond acceptors (Lipinski definition) is 4. The van der Waals surface area contributed by atoms with Crippen LogP contribution in [0.4, 0.5) is 0 Å². The first kappa shape index (κ1) is 21.2. The molecule has 1 atom stereocenters. The Kier molecular flexibility index (Phi) is 6.91. The maximum atomic E-state index is 12.2. The van der Waals surface area contributed by atoms with Crippen LogP contribution in [0.5, 0.6) is 11.5 Å². The van der Waals surface area contributed by atoms with Gasteiger partial charge in [0.25, 0.3) is 11.8 Å². The number of carbonyl (C=O) groups excluding carboxylic acids is 2. The number of benzene rings is 3. The van der Waals surface area contributed by atoms with Crippen LogP contribution in [0.1, 0.15) is 32.3 Å². The van der Waals surface area contributed by atoms with Gasteiger partial charge in [-0.3, -0.25) is 20.4 Å². The molecule has 0 spiro atoms. The lowest BCUT2D eigenvalue weighted by Crippen LogP contribution is -2.48. The first-order valence-electron chi connectivity index (χ1n) is 9.89. The molecule has 0 radical (unpaired) electrons. The fraction of sp³-hybridized carbons (Fsp3) is 0.250. The lowest BCUT2D eigenvalue weighted by molar-refractivity contribution is -0.133. The van der Waals surface area contributed by atoms with Crippen molar-refractivity contribution >= 4 is 22.6 Å². The minimum absolute atomic E-state index is 0.207. The fourth-order valence-corrected chi connectivity index (χ4v) is 2.87. The van der Waals surface area contributed by atoms with E-state index < -0.39 is 17.9 Å². The number of ether oxygens (including phenoxy) is 2. The Bertz CT molecular complexity index is 1020. The summed E-state index contributed by atoms with van der Waals surface area (Å²) >= 11 is 0. The molecule has 2 amide bonds. The summed E-state index contributed by atoms with van der Waals surface area (Å²) in [6.07, 6.45) is -0.782. The molecule has 0 aliphatic heterocycles. The third-order valence-electron chi connectivity index (χ3n) is 4.64. The van der Waals surface area contributed by atoms with E-state index in [1.54, 1.807) is 6.92 Å². The van der Waals surface area contributed by atoms with Crippen LogP contribution in [-0.4, -0.2) is 24.5 Å². The monoisotopic (exact) mass is 406 g/mol. The van der Waals surface area contributed by atoms with Crippen LogP contribution in [0.3, 0.4) is 0 Å². The summed E-state index contributed by atoms with van der Waals surface area (Å²) in [6, 6.07) is 21.1. The molecule has 156 valence electrons. The molecule has 30 heavy (non-hydrogen) atoms. The molecular formula is C24H26N2O4. The highest BCUT2D eigenvalue weighted by atomic mass is 16.5. The zero-order valence-electron chi connectivity index (χ0n) is 17.3. The molecule has 0 saturated carbocycles. The van der Waals surface area contributed by atoms with Gasteiger partial charge in [0.2, 0.25) is 0 Å². The normalized spacial score (nSPS) is 11.7. The van der Waals surface area contributed by atoms with Gasteiger partial charge < -0.3 is 9.47 Å². The van der Waals surface area contributed by atoms with Gasteiger partial charge in [-0.1, -0.05) is 56.3 Å². The van der Waals surface area contributed by atoms with E-state index in [2.05, 4.69) is 24.7 Å².